The molecule has 0 aliphatic carbocycles. The Labute approximate surface area is 195 Å². The number of carbonyl (C=O) groups is 1. The van der Waals surface area contributed by atoms with Crippen molar-refractivity contribution in [3.63, 3.8) is 0 Å². The number of hydrogen-bond acceptors (Lipinski definition) is 7. The van der Waals surface area contributed by atoms with Gasteiger partial charge in [-0.2, -0.15) is 0 Å². The Morgan fingerprint density at radius 2 is 1.38 bits per heavy atom. The molecule has 192 valence electrons. The summed E-state index contributed by atoms with van der Waals surface area (Å²) in [4.78, 5) is 21.9. The molecule has 0 aromatic carbocycles. The molecule has 0 spiro atoms. The number of ether oxygens (including phenoxy) is 2. The van der Waals surface area contributed by atoms with Gasteiger partial charge >= 0.3 is 13.8 Å². The van der Waals surface area contributed by atoms with E-state index in [2.05, 4.69) is 13.8 Å². The predicted molar refractivity (Wildman–Crippen MR) is 127 cm³/mol. The lowest BCUT2D eigenvalue weighted by molar-refractivity contribution is -0.154. The number of unbranched alkanes of at least 4 members (excludes halogenated alkanes) is 11. The van der Waals surface area contributed by atoms with Gasteiger partial charge in [-0.05, 0) is 12.8 Å². The molecule has 0 aliphatic heterocycles. The Balaban J connectivity index is 4.27. The molecule has 0 rings (SSSR count). The van der Waals surface area contributed by atoms with Crippen LogP contribution in [0.2, 0.25) is 0 Å². The van der Waals surface area contributed by atoms with Crippen molar-refractivity contribution < 1.29 is 32.8 Å². The molecular weight excluding hydrogens is 433 g/mol. The van der Waals surface area contributed by atoms with E-state index in [1.807, 2.05) is 0 Å². The Hall–Kier alpha value is -0.500. The average molecular weight is 482 g/mol. The first kappa shape index (κ1) is 31.5. The van der Waals surface area contributed by atoms with Crippen molar-refractivity contribution >= 4 is 13.8 Å². The van der Waals surface area contributed by atoms with Crippen LogP contribution in [0.4, 0.5) is 0 Å². The molecule has 8 nitrogen and oxygen atoms in total. The van der Waals surface area contributed by atoms with E-state index in [0.717, 1.165) is 32.1 Å². The zero-order valence-corrected chi connectivity index (χ0v) is 21.3. The molecule has 32 heavy (non-hydrogen) atoms. The van der Waals surface area contributed by atoms with Gasteiger partial charge in [0.1, 0.15) is 6.10 Å². The van der Waals surface area contributed by atoms with Crippen LogP contribution in [0.5, 0.6) is 0 Å². The third kappa shape index (κ3) is 21.4. The standard InChI is InChI=1S/C23H48NO7P/c1-3-5-7-9-11-12-14-16-23(25)31-22(21-30-32(26,27)29-19-17-24)20-28-18-15-13-10-8-6-4-2/h22H,3-21,24H2,1-2H3,(H,26,27). The molecule has 9 heteroatoms. The van der Waals surface area contributed by atoms with Gasteiger partial charge in [-0.1, -0.05) is 84.5 Å². The molecule has 2 unspecified atom stereocenters. The van der Waals surface area contributed by atoms with Crippen LogP contribution >= 0.6 is 7.82 Å². The van der Waals surface area contributed by atoms with Crippen LogP contribution < -0.4 is 5.73 Å². The highest BCUT2D eigenvalue weighted by Gasteiger charge is 2.25. The van der Waals surface area contributed by atoms with Gasteiger partial charge in [-0.25, -0.2) is 4.57 Å². The quantitative estimate of drug-likeness (QED) is 0.105. The molecular formula is C23H48NO7P. The van der Waals surface area contributed by atoms with E-state index in [0.29, 0.717) is 13.0 Å². The fourth-order valence-electron chi connectivity index (χ4n) is 3.17. The van der Waals surface area contributed by atoms with Crippen molar-refractivity contribution in [1.82, 2.24) is 0 Å². The van der Waals surface area contributed by atoms with E-state index in [-0.39, 0.29) is 32.3 Å². The van der Waals surface area contributed by atoms with Gasteiger partial charge < -0.3 is 20.1 Å². The summed E-state index contributed by atoms with van der Waals surface area (Å²) in [7, 11) is -4.23. The maximum Gasteiger partial charge on any atom is 0.472 e. The summed E-state index contributed by atoms with van der Waals surface area (Å²) in [6.07, 6.45) is 14.3. The van der Waals surface area contributed by atoms with E-state index in [9.17, 15) is 14.3 Å². The maximum absolute atomic E-state index is 12.2. The Kier molecular flexibility index (Phi) is 22.0. The zero-order valence-electron chi connectivity index (χ0n) is 20.4. The van der Waals surface area contributed by atoms with Crippen molar-refractivity contribution in [3.8, 4) is 0 Å². The molecule has 0 fully saturated rings. The normalized spacial score (nSPS) is 14.2. The molecule has 0 aromatic rings. The number of phosphoric acid groups is 1. The molecule has 0 radical (unpaired) electrons. The van der Waals surface area contributed by atoms with Gasteiger partial charge in [-0.15, -0.1) is 0 Å². The van der Waals surface area contributed by atoms with Crippen LogP contribution in [0.1, 0.15) is 104 Å². The van der Waals surface area contributed by atoms with Crippen molar-refractivity contribution in [1.29, 1.82) is 0 Å². The number of carbonyl (C=O) groups excluding carboxylic acids is 1. The summed E-state index contributed by atoms with van der Waals surface area (Å²) in [5, 5.41) is 0. The highest BCUT2D eigenvalue weighted by Crippen LogP contribution is 2.43. The summed E-state index contributed by atoms with van der Waals surface area (Å²) >= 11 is 0. The lowest BCUT2D eigenvalue weighted by Crippen LogP contribution is -2.28. The fraction of sp³-hybridized carbons (Fsp3) is 0.957. The van der Waals surface area contributed by atoms with E-state index in [1.165, 1.54) is 51.4 Å². The van der Waals surface area contributed by atoms with Crippen molar-refractivity contribution in [2.45, 2.75) is 110 Å². The highest BCUT2D eigenvalue weighted by atomic mass is 31.2. The van der Waals surface area contributed by atoms with Crippen LogP contribution in [-0.4, -0.2) is 49.9 Å². The SMILES string of the molecule is CCCCCCCCCC(=O)OC(COCCCCCCCC)COP(=O)(O)OCCN. The van der Waals surface area contributed by atoms with Gasteiger partial charge in [0.05, 0.1) is 19.8 Å². The van der Waals surface area contributed by atoms with Gasteiger partial charge in [-0.3, -0.25) is 13.8 Å². The number of rotatable bonds is 24. The number of phosphoric ester groups is 1. The minimum Gasteiger partial charge on any atom is -0.457 e. The predicted octanol–water partition coefficient (Wildman–Crippen LogP) is 5.51. The van der Waals surface area contributed by atoms with Gasteiger partial charge in [0.15, 0.2) is 0 Å². The fourth-order valence-corrected chi connectivity index (χ4v) is 3.93. The molecule has 0 saturated heterocycles. The van der Waals surface area contributed by atoms with E-state index in [1.54, 1.807) is 0 Å². The summed E-state index contributed by atoms with van der Waals surface area (Å²) in [6, 6.07) is 0. The number of nitrogens with two attached hydrogens (primary N) is 1. The van der Waals surface area contributed by atoms with Gasteiger partial charge in [0.2, 0.25) is 0 Å². The van der Waals surface area contributed by atoms with Gasteiger partial charge in [0.25, 0.3) is 0 Å². The highest BCUT2D eigenvalue weighted by molar-refractivity contribution is 7.47. The Morgan fingerprint density at radius 1 is 0.812 bits per heavy atom. The smallest absolute Gasteiger partial charge is 0.457 e. The average Bonchev–Trinajstić information content (AvgIpc) is 2.77. The molecule has 3 N–H and O–H groups in total. The second-order valence-electron chi connectivity index (χ2n) is 8.21. The maximum atomic E-state index is 12.2. The lowest BCUT2D eigenvalue weighted by Gasteiger charge is -2.20. The Bertz CT molecular complexity index is 479. The topological polar surface area (TPSA) is 117 Å². The molecule has 0 amide bonds. The molecule has 2 atom stereocenters. The molecule has 0 saturated carbocycles. The molecule has 0 heterocycles. The monoisotopic (exact) mass is 481 g/mol. The summed E-state index contributed by atoms with van der Waals surface area (Å²) < 4.78 is 32.7. The largest absolute Gasteiger partial charge is 0.472 e. The third-order valence-electron chi connectivity index (χ3n) is 5.02. The molecule has 0 aromatic heterocycles. The number of esters is 1. The molecule has 0 bridgehead atoms. The van der Waals surface area contributed by atoms with Crippen molar-refractivity contribution in [3.05, 3.63) is 0 Å². The number of hydrogen-bond donors (Lipinski definition) is 2. The van der Waals surface area contributed by atoms with E-state index in [4.69, 9.17) is 24.3 Å². The van der Waals surface area contributed by atoms with Crippen molar-refractivity contribution in [2.75, 3.05) is 33.0 Å². The van der Waals surface area contributed by atoms with E-state index < -0.39 is 13.9 Å². The first-order valence-electron chi connectivity index (χ1n) is 12.5. The minimum absolute atomic E-state index is 0.0922. The zero-order chi connectivity index (χ0) is 23.9. The van der Waals surface area contributed by atoms with Crippen LogP contribution in [0, 0.1) is 0 Å². The summed E-state index contributed by atoms with van der Waals surface area (Å²) in [6.45, 7) is 4.79. The Morgan fingerprint density at radius 3 is 1.97 bits per heavy atom. The minimum atomic E-state index is -4.23. The second kappa shape index (κ2) is 22.3. The lowest BCUT2D eigenvalue weighted by atomic mass is 10.1. The van der Waals surface area contributed by atoms with Crippen LogP contribution in [0.25, 0.3) is 0 Å². The first-order valence-corrected chi connectivity index (χ1v) is 14.0. The van der Waals surface area contributed by atoms with Gasteiger partial charge in [0, 0.05) is 19.6 Å². The summed E-state index contributed by atoms with van der Waals surface area (Å²) in [5.74, 6) is -0.342. The van der Waals surface area contributed by atoms with Crippen LogP contribution in [-0.2, 0) is 27.9 Å². The first-order chi connectivity index (χ1) is 15.4. The van der Waals surface area contributed by atoms with Crippen LogP contribution in [0.15, 0.2) is 0 Å². The van der Waals surface area contributed by atoms with Crippen LogP contribution in [0.3, 0.4) is 0 Å². The second-order valence-corrected chi connectivity index (χ2v) is 9.67. The summed E-state index contributed by atoms with van der Waals surface area (Å²) in [5.41, 5.74) is 5.28. The van der Waals surface area contributed by atoms with Crippen molar-refractivity contribution in [2.24, 2.45) is 5.73 Å². The van der Waals surface area contributed by atoms with E-state index >= 15 is 0 Å². The molecule has 0 aliphatic rings. The third-order valence-corrected chi connectivity index (χ3v) is 6.01.